The first-order valence-electron chi connectivity index (χ1n) is 7.04. The summed E-state index contributed by atoms with van der Waals surface area (Å²) in [6.45, 7) is 3.99. The van der Waals surface area contributed by atoms with Crippen molar-refractivity contribution in [2.24, 2.45) is 5.92 Å². The van der Waals surface area contributed by atoms with Crippen LogP contribution in [0.5, 0.6) is 0 Å². The number of nitrogens with one attached hydrogen (secondary N) is 1. The van der Waals surface area contributed by atoms with Gasteiger partial charge in [0.1, 0.15) is 5.54 Å². The van der Waals surface area contributed by atoms with Gasteiger partial charge in [-0.15, -0.1) is 0 Å². The molecule has 2 rings (SSSR count). The molecule has 0 amide bonds. The van der Waals surface area contributed by atoms with E-state index in [9.17, 15) is 5.26 Å². The second-order valence-electron chi connectivity index (χ2n) is 5.31. The van der Waals surface area contributed by atoms with Gasteiger partial charge in [0.15, 0.2) is 0 Å². The molecule has 2 atom stereocenters. The first-order valence-corrected chi connectivity index (χ1v) is 8.12. The molecule has 0 spiro atoms. The maximum Gasteiger partial charge on any atom is 0.109 e. The summed E-state index contributed by atoms with van der Waals surface area (Å²) in [5.41, 5.74) is -0.295. The average molecular weight is 372 g/mol. The normalized spacial score (nSPS) is 26.5. The molecule has 0 saturated heterocycles. The Kier molecular flexibility index (Phi) is 5.22. The Labute approximate surface area is 128 Å². The summed E-state index contributed by atoms with van der Waals surface area (Å²) in [7, 11) is 0. The van der Waals surface area contributed by atoms with Gasteiger partial charge >= 0.3 is 0 Å². The minimum absolute atomic E-state index is 0.295. The second-order valence-corrected chi connectivity index (χ2v) is 6.56. The molecule has 0 aromatic carbocycles. The highest BCUT2D eigenvalue weighted by atomic mass is 127. The van der Waals surface area contributed by atoms with Crippen molar-refractivity contribution in [2.45, 2.75) is 51.1 Å². The molecule has 104 valence electrons. The van der Waals surface area contributed by atoms with Crippen LogP contribution in [-0.2, 0) is 6.54 Å². The summed E-state index contributed by atoms with van der Waals surface area (Å²) in [4.78, 5) is 0. The van der Waals surface area contributed by atoms with E-state index in [1.807, 2.05) is 10.9 Å². The van der Waals surface area contributed by atoms with E-state index in [1.54, 1.807) is 0 Å². The van der Waals surface area contributed by atoms with Crippen LogP contribution >= 0.6 is 22.6 Å². The molecule has 1 N–H and O–H groups in total. The molecule has 1 aliphatic carbocycles. The molecule has 1 fully saturated rings. The van der Waals surface area contributed by atoms with Gasteiger partial charge < -0.3 is 0 Å². The van der Waals surface area contributed by atoms with Gasteiger partial charge in [-0.1, -0.05) is 13.3 Å². The molecule has 1 saturated carbocycles. The zero-order valence-corrected chi connectivity index (χ0v) is 13.6. The van der Waals surface area contributed by atoms with Crippen LogP contribution in [0.25, 0.3) is 0 Å². The van der Waals surface area contributed by atoms with Crippen LogP contribution in [0.3, 0.4) is 0 Å². The maximum atomic E-state index is 9.58. The molecular formula is C14H21IN4. The highest BCUT2D eigenvalue weighted by Crippen LogP contribution is 2.37. The van der Waals surface area contributed by atoms with Crippen LogP contribution in [-0.4, -0.2) is 21.9 Å². The molecule has 2 unspecified atom stereocenters. The van der Waals surface area contributed by atoms with Crippen molar-refractivity contribution in [1.29, 1.82) is 5.26 Å². The Morgan fingerprint density at radius 2 is 2.53 bits per heavy atom. The van der Waals surface area contributed by atoms with E-state index in [-0.39, 0.29) is 5.54 Å². The third-order valence-electron chi connectivity index (χ3n) is 4.02. The third kappa shape index (κ3) is 3.48. The predicted molar refractivity (Wildman–Crippen MR) is 83.5 cm³/mol. The quantitative estimate of drug-likeness (QED) is 0.782. The zero-order chi connectivity index (χ0) is 13.7. The molecule has 1 aromatic rings. The lowest BCUT2D eigenvalue weighted by Gasteiger charge is -2.30. The fourth-order valence-corrected chi connectivity index (χ4v) is 3.43. The lowest BCUT2D eigenvalue weighted by molar-refractivity contribution is 0.287. The first-order chi connectivity index (χ1) is 9.20. The Hall–Kier alpha value is -0.610. The smallest absolute Gasteiger partial charge is 0.109 e. The fourth-order valence-electron chi connectivity index (χ4n) is 2.98. The van der Waals surface area contributed by atoms with E-state index in [2.05, 4.69) is 52.2 Å². The van der Waals surface area contributed by atoms with Crippen LogP contribution in [0.4, 0.5) is 0 Å². The summed E-state index contributed by atoms with van der Waals surface area (Å²) < 4.78 is 3.15. The number of aromatic nitrogens is 2. The third-order valence-corrected chi connectivity index (χ3v) is 4.58. The lowest BCUT2D eigenvalue weighted by Crippen LogP contribution is -2.47. The highest BCUT2D eigenvalue weighted by Gasteiger charge is 2.42. The van der Waals surface area contributed by atoms with Gasteiger partial charge in [0, 0.05) is 12.7 Å². The monoisotopic (exact) mass is 372 g/mol. The summed E-state index contributed by atoms with van der Waals surface area (Å²) in [6, 6.07) is 2.56. The molecular weight excluding hydrogens is 351 g/mol. The van der Waals surface area contributed by atoms with Gasteiger partial charge in [-0.25, -0.2) is 0 Å². The molecule has 1 aromatic heterocycles. The van der Waals surface area contributed by atoms with Crippen LogP contribution in [0.1, 0.15) is 39.0 Å². The van der Waals surface area contributed by atoms with Crippen molar-refractivity contribution >= 4 is 22.6 Å². The largest absolute Gasteiger partial charge is 0.299 e. The molecule has 4 nitrogen and oxygen atoms in total. The number of aryl methyl sites for hydroxylation is 1. The van der Waals surface area contributed by atoms with Crippen LogP contribution < -0.4 is 5.32 Å². The molecule has 0 bridgehead atoms. The van der Waals surface area contributed by atoms with E-state index < -0.39 is 0 Å². The van der Waals surface area contributed by atoms with Crippen molar-refractivity contribution in [3.8, 4) is 6.07 Å². The molecule has 19 heavy (non-hydrogen) atoms. The summed E-state index contributed by atoms with van der Waals surface area (Å²) in [6.07, 6.45) is 9.35. The molecule has 0 radical (unpaired) electrons. The second kappa shape index (κ2) is 6.71. The molecule has 1 aliphatic rings. The Bertz CT molecular complexity index is 451. The van der Waals surface area contributed by atoms with Gasteiger partial charge in [-0.05, 0) is 60.7 Å². The van der Waals surface area contributed by atoms with E-state index in [4.69, 9.17) is 0 Å². The summed E-state index contributed by atoms with van der Waals surface area (Å²) >= 11 is 2.27. The van der Waals surface area contributed by atoms with Crippen LogP contribution in [0.15, 0.2) is 12.4 Å². The first kappa shape index (κ1) is 14.8. The molecule has 5 heteroatoms. The SMILES string of the molecule is CCCNC1(C#N)CCCC1CCn1cc(I)cn1. The predicted octanol–water partition coefficient (Wildman–Crippen LogP) is 2.94. The van der Waals surface area contributed by atoms with Crippen molar-refractivity contribution in [1.82, 2.24) is 15.1 Å². The molecule has 1 heterocycles. The average Bonchev–Trinajstić information content (AvgIpc) is 3.01. The standard InChI is InChI=1S/C14H21IN4/c1-2-7-17-14(11-16)6-3-4-12(14)5-8-19-10-13(15)9-18-19/h9-10,12,17H,2-8H2,1H3. The topological polar surface area (TPSA) is 53.6 Å². The van der Waals surface area contributed by atoms with Crippen molar-refractivity contribution < 1.29 is 0 Å². The Morgan fingerprint density at radius 1 is 1.68 bits per heavy atom. The highest BCUT2D eigenvalue weighted by molar-refractivity contribution is 14.1. The van der Waals surface area contributed by atoms with E-state index >= 15 is 0 Å². The van der Waals surface area contributed by atoms with Gasteiger partial charge in [-0.3, -0.25) is 10.00 Å². The van der Waals surface area contributed by atoms with E-state index in [0.29, 0.717) is 5.92 Å². The number of nitriles is 1. The maximum absolute atomic E-state index is 9.58. The number of halogens is 1. The number of nitrogens with zero attached hydrogens (tertiary/aromatic N) is 3. The van der Waals surface area contributed by atoms with Gasteiger partial charge in [0.2, 0.25) is 0 Å². The minimum Gasteiger partial charge on any atom is -0.299 e. The van der Waals surface area contributed by atoms with Crippen LogP contribution in [0, 0.1) is 20.8 Å². The van der Waals surface area contributed by atoms with E-state index in [1.165, 1.54) is 3.57 Å². The molecule has 0 aliphatic heterocycles. The van der Waals surface area contributed by atoms with Gasteiger partial charge in [0.25, 0.3) is 0 Å². The summed E-state index contributed by atoms with van der Waals surface area (Å²) in [5, 5.41) is 17.4. The van der Waals surface area contributed by atoms with Crippen LogP contribution in [0.2, 0.25) is 0 Å². The van der Waals surface area contributed by atoms with Gasteiger partial charge in [-0.2, -0.15) is 10.4 Å². The Balaban J connectivity index is 1.96. The minimum atomic E-state index is -0.295. The Morgan fingerprint density at radius 3 is 3.16 bits per heavy atom. The number of rotatable bonds is 6. The van der Waals surface area contributed by atoms with Crippen molar-refractivity contribution in [2.75, 3.05) is 6.54 Å². The lowest BCUT2D eigenvalue weighted by atomic mass is 9.85. The van der Waals surface area contributed by atoms with Crippen molar-refractivity contribution in [3.05, 3.63) is 16.0 Å². The van der Waals surface area contributed by atoms with Crippen molar-refractivity contribution in [3.63, 3.8) is 0 Å². The van der Waals surface area contributed by atoms with E-state index in [0.717, 1.165) is 45.2 Å². The number of hydrogen-bond acceptors (Lipinski definition) is 3. The van der Waals surface area contributed by atoms with Gasteiger partial charge in [0.05, 0.1) is 15.8 Å². The summed E-state index contributed by atoms with van der Waals surface area (Å²) in [5.74, 6) is 0.450. The number of hydrogen-bond donors (Lipinski definition) is 1. The fraction of sp³-hybridized carbons (Fsp3) is 0.714. The zero-order valence-electron chi connectivity index (χ0n) is 11.4.